The van der Waals surface area contributed by atoms with Crippen molar-refractivity contribution in [2.24, 2.45) is 0 Å². The lowest BCUT2D eigenvalue weighted by Gasteiger charge is -2.30. The van der Waals surface area contributed by atoms with E-state index < -0.39 is 18.2 Å². The van der Waals surface area contributed by atoms with E-state index in [1.165, 1.54) is 4.90 Å². The van der Waals surface area contributed by atoms with Crippen LogP contribution in [0.5, 0.6) is 0 Å². The topological polar surface area (TPSA) is 115 Å². The van der Waals surface area contributed by atoms with Crippen molar-refractivity contribution in [3.63, 3.8) is 0 Å². The van der Waals surface area contributed by atoms with Crippen LogP contribution in [0.3, 0.4) is 0 Å². The lowest BCUT2D eigenvalue weighted by atomic mass is 10.0. The second-order valence-corrected chi connectivity index (χ2v) is 7.62. The Kier molecular flexibility index (Phi) is 7.02. The summed E-state index contributed by atoms with van der Waals surface area (Å²) < 4.78 is 0. The van der Waals surface area contributed by atoms with Crippen molar-refractivity contribution in [1.82, 2.24) is 15.2 Å². The van der Waals surface area contributed by atoms with Crippen LogP contribution in [0.15, 0.2) is 48.8 Å². The van der Waals surface area contributed by atoms with Gasteiger partial charge in [-0.2, -0.15) is 0 Å². The summed E-state index contributed by atoms with van der Waals surface area (Å²) in [5.74, 6) is -0.120. The van der Waals surface area contributed by atoms with Gasteiger partial charge in [0.1, 0.15) is 6.10 Å². The van der Waals surface area contributed by atoms with Crippen molar-refractivity contribution in [2.45, 2.75) is 50.4 Å². The zero-order valence-corrected chi connectivity index (χ0v) is 17.2. The van der Waals surface area contributed by atoms with E-state index in [2.05, 4.69) is 15.6 Å². The van der Waals surface area contributed by atoms with E-state index in [9.17, 15) is 19.8 Å². The van der Waals surface area contributed by atoms with Crippen LogP contribution in [0.25, 0.3) is 0 Å². The van der Waals surface area contributed by atoms with Gasteiger partial charge in [-0.1, -0.05) is 18.2 Å². The molecule has 0 radical (unpaired) electrons. The highest BCUT2D eigenvalue weighted by Gasteiger charge is 2.41. The molecule has 1 aromatic carbocycles. The van der Waals surface area contributed by atoms with Crippen LogP contribution >= 0.6 is 0 Å². The molecule has 30 heavy (non-hydrogen) atoms. The molecule has 3 rings (SSSR count). The molecule has 2 aromatic rings. The Morgan fingerprint density at radius 2 is 1.97 bits per heavy atom. The summed E-state index contributed by atoms with van der Waals surface area (Å²) in [5, 5.41) is 26.2. The van der Waals surface area contributed by atoms with Crippen LogP contribution in [-0.4, -0.2) is 57.3 Å². The number of carbonyl (C=O) groups excluding carboxylic acids is 1. The first-order valence-electron chi connectivity index (χ1n) is 10.1. The van der Waals surface area contributed by atoms with E-state index >= 15 is 0 Å². The van der Waals surface area contributed by atoms with E-state index in [1.54, 1.807) is 38.5 Å². The highest BCUT2D eigenvalue weighted by atomic mass is 16.4. The minimum atomic E-state index is -1.03. The zero-order valence-electron chi connectivity index (χ0n) is 17.2. The van der Waals surface area contributed by atoms with Crippen LogP contribution in [0.4, 0.5) is 10.5 Å². The molecule has 0 spiro atoms. The summed E-state index contributed by atoms with van der Waals surface area (Å²) in [6.45, 7) is 1.78. The zero-order chi connectivity index (χ0) is 21.7. The second kappa shape index (κ2) is 9.69. The number of carboxylic acid groups (broad SMARTS) is 1. The van der Waals surface area contributed by atoms with E-state index in [0.717, 1.165) is 5.56 Å². The van der Waals surface area contributed by atoms with Crippen LogP contribution in [0.2, 0.25) is 0 Å². The van der Waals surface area contributed by atoms with Gasteiger partial charge < -0.3 is 20.8 Å². The Hall–Kier alpha value is -2.97. The van der Waals surface area contributed by atoms with E-state index in [0.29, 0.717) is 30.5 Å². The third-order valence-electron chi connectivity index (χ3n) is 5.68. The number of likely N-dealkylation sites (N-methyl/N-ethyl adjacent to an activating group) is 1. The maximum atomic E-state index is 12.0. The van der Waals surface area contributed by atoms with Gasteiger partial charge in [0.25, 0.3) is 0 Å². The smallest absolute Gasteiger partial charge is 0.407 e. The normalized spacial score (nSPS) is 20.6. The summed E-state index contributed by atoms with van der Waals surface area (Å²) >= 11 is 0. The number of pyridine rings is 1. The molecule has 160 valence electrons. The molecule has 4 N–H and O–H groups in total. The number of hydrogen-bond acceptors (Lipinski definition) is 5. The maximum absolute atomic E-state index is 12.0. The molecular formula is C22H28N4O4. The number of amides is 2. The molecule has 2 amide bonds. The number of aliphatic hydroxyl groups is 1. The van der Waals surface area contributed by atoms with Gasteiger partial charge in [0, 0.05) is 29.7 Å². The lowest BCUT2D eigenvalue weighted by molar-refractivity contribution is -0.117. The molecule has 8 nitrogen and oxygen atoms in total. The number of benzene rings is 1. The first-order chi connectivity index (χ1) is 14.4. The van der Waals surface area contributed by atoms with Gasteiger partial charge in [-0.05, 0) is 57.0 Å². The van der Waals surface area contributed by atoms with Gasteiger partial charge >= 0.3 is 6.09 Å². The number of anilines is 1. The molecule has 1 saturated heterocycles. The van der Waals surface area contributed by atoms with Crippen molar-refractivity contribution >= 4 is 17.7 Å². The number of nitrogens with one attached hydrogen (secondary N) is 2. The predicted octanol–water partition coefficient (Wildman–Crippen LogP) is 2.42. The first kappa shape index (κ1) is 21.7. The third-order valence-corrected chi connectivity index (χ3v) is 5.68. The van der Waals surface area contributed by atoms with Gasteiger partial charge in [-0.25, -0.2) is 4.79 Å². The molecule has 2 heterocycles. The fraction of sp³-hybridized carbons (Fsp3) is 0.409. The van der Waals surface area contributed by atoms with Crippen molar-refractivity contribution in [3.05, 3.63) is 59.9 Å². The number of likely N-dealkylation sites (tertiary alicyclic amines) is 1. The van der Waals surface area contributed by atoms with Gasteiger partial charge in [0.05, 0.1) is 12.1 Å². The molecule has 0 aliphatic carbocycles. The van der Waals surface area contributed by atoms with Gasteiger partial charge in [0.2, 0.25) is 5.91 Å². The highest BCUT2D eigenvalue weighted by Crippen LogP contribution is 2.34. The lowest BCUT2D eigenvalue weighted by Crippen LogP contribution is -2.44. The van der Waals surface area contributed by atoms with Crippen molar-refractivity contribution in [3.8, 4) is 0 Å². The molecule has 1 aliphatic heterocycles. The average Bonchev–Trinajstić information content (AvgIpc) is 3.18. The molecule has 0 saturated carbocycles. The monoisotopic (exact) mass is 412 g/mol. The minimum absolute atomic E-state index is 0.120. The number of hydrogen-bond donors (Lipinski definition) is 4. The van der Waals surface area contributed by atoms with E-state index in [4.69, 9.17) is 0 Å². The van der Waals surface area contributed by atoms with Gasteiger partial charge in [-0.15, -0.1) is 0 Å². The van der Waals surface area contributed by atoms with E-state index in [1.807, 2.05) is 24.3 Å². The Morgan fingerprint density at radius 3 is 2.57 bits per heavy atom. The number of rotatable bonds is 7. The maximum Gasteiger partial charge on any atom is 0.407 e. The summed E-state index contributed by atoms with van der Waals surface area (Å²) in [7, 11) is 1.72. The first-order valence-corrected chi connectivity index (χ1v) is 10.1. The molecule has 1 fully saturated rings. The molecule has 1 aliphatic rings. The fourth-order valence-electron chi connectivity index (χ4n) is 3.87. The Labute approximate surface area is 175 Å². The standard InChI is InChI=1S/C22H28N4O4/c1-14(23-2)21(28)25-17-7-5-15(6-8-17)12-18-9-10-19(26(18)22(29)30)20(27)16-4-3-11-24-13-16/h3-8,11,13-14,18-20,23,27H,9-10,12H2,1-2H3,(H,25,28)(H,29,30)/t14-,18-,19+,20?/m0/s1. The van der Waals surface area contributed by atoms with Crippen LogP contribution < -0.4 is 10.6 Å². The number of carbonyl (C=O) groups is 2. The molecule has 0 bridgehead atoms. The molecule has 8 heteroatoms. The van der Waals surface area contributed by atoms with Crippen LogP contribution in [0.1, 0.15) is 37.0 Å². The van der Waals surface area contributed by atoms with Crippen molar-refractivity contribution in [1.29, 1.82) is 0 Å². The minimum Gasteiger partial charge on any atom is -0.465 e. The number of nitrogens with zero attached hydrogens (tertiary/aromatic N) is 2. The largest absolute Gasteiger partial charge is 0.465 e. The highest BCUT2D eigenvalue weighted by molar-refractivity contribution is 5.94. The third kappa shape index (κ3) is 4.95. The SMILES string of the molecule is CN[C@@H](C)C(=O)Nc1ccc(C[C@@H]2CC[C@H](C(O)c3cccnc3)N2C(=O)O)cc1. The molecular weight excluding hydrogens is 384 g/mol. The van der Waals surface area contributed by atoms with Gasteiger partial charge in [0.15, 0.2) is 0 Å². The summed E-state index contributed by atoms with van der Waals surface area (Å²) in [5.41, 5.74) is 2.28. The number of aliphatic hydroxyl groups excluding tert-OH is 1. The summed E-state index contributed by atoms with van der Waals surface area (Å²) in [6.07, 6.45) is 3.05. The molecule has 1 aromatic heterocycles. The predicted molar refractivity (Wildman–Crippen MR) is 113 cm³/mol. The Morgan fingerprint density at radius 1 is 1.23 bits per heavy atom. The Bertz CT molecular complexity index is 859. The molecule has 4 atom stereocenters. The Balaban J connectivity index is 1.67. The van der Waals surface area contributed by atoms with Gasteiger partial charge in [-0.3, -0.25) is 14.7 Å². The quantitative estimate of drug-likeness (QED) is 0.555. The van der Waals surface area contributed by atoms with Crippen molar-refractivity contribution in [2.75, 3.05) is 12.4 Å². The fourth-order valence-corrected chi connectivity index (χ4v) is 3.87. The average molecular weight is 412 g/mol. The second-order valence-electron chi connectivity index (χ2n) is 7.62. The van der Waals surface area contributed by atoms with Crippen LogP contribution in [-0.2, 0) is 11.2 Å². The number of aromatic nitrogens is 1. The summed E-state index contributed by atoms with van der Waals surface area (Å²) in [4.78, 5) is 29.3. The van der Waals surface area contributed by atoms with E-state index in [-0.39, 0.29) is 18.0 Å². The molecule has 1 unspecified atom stereocenters. The van der Waals surface area contributed by atoms with Crippen LogP contribution in [0, 0.1) is 0 Å². The van der Waals surface area contributed by atoms with Crippen molar-refractivity contribution < 1.29 is 19.8 Å². The summed E-state index contributed by atoms with van der Waals surface area (Å²) in [6, 6.07) is 9.89.